The first-order valence-corrected chi connectivity index (χ1v) is 23.9. The van der Waals surface area contributed by atoms with Crippen LogP contribution in [0, 0.1) is 0 Å². The number of benzene rings is 9. The van der Waals surface area contributed by atoms with Crippen LogP contribution in [-0.2, 0) is 0 Å². The molecule has 10 aromatic rings. The number of para-hydroxylation sites is 2. The zero-order valence-electron chi connectivity index (χ0n) is 39.8. The molecule has 9 aromatic carbocycles. The van der Waals surface area contributed by atoms with E-state index in [1.807, 2.05) is 48.5 Å². The fourth-order valence-corrected chi connectivity index (χ4v) is 9.24. The summed E-state index contributed by atoms with van der Waals surface area (Å²) in [6, 6.07) is 71.5. The smallest absolute Gasteiger partial charge is 0.123 e. The lowest BCUT2D eigenvalue weighted by Gasteiger charge is -2.26. The van der Waals surface area contributed by atoms with Gasteiger partial charge in [-0.15, -0.1) is 0 Å². The molecule has 0 unspecified atom stereocenters. The molecule has 0 atom stereocenters. The van der Waals surface area contributed by atoms with Crippen LogP contribution in [0.1, 0.15) is 22.3 Å². The van der Waals surface area contributed by atoms with Crippen LogP contribution in [0.15, 0.2) is 206 Å². The highest BCUT2D eigenvalue weighted by atomic mass is 32.1. The number of hydrogen-bond donors (Lipinski definition) is 0. The molecule has 9 heteroatoms. The Morgan fingerprint density at radius 3 is 0.944 bits per heavy atom. The van der Waals surface area contributed by atoms with E-state index >= 15 is 0 Å². The maximum atomic E-state index is 5.47. The van der Waals surface area contributed by atoms with Crippen molar-refractivity contribution in [3.05, 3.63) is 229 Å². The second-order valence-corrected chi connectivity index (χ2v) is 17.2. The average Bonchev–Trinajstić information content (AvgIpc) is 3.94. The summed E-state index contributed by atoms with van der Waals surface area (Å²) in [6.07, 6.45) is 8.32. The first kappa shape index (κ1) is 45.8. The maximum absolute atomic E-state index is 5.47. The Labute approximate surface area is 418 Å². The molecule has 0 fully saturated rings. The molecular formula is C62H50N4O4S. The summed E-state index contributed by atoms with van der Waals surface area (Å²) in [6.45, 7) is 0. The number of nitrogens with zero attached hydrogens (tertiary/aromatic N) is 4. The van der Waals surface area contributed by atoms with Gasteiger partial charge in [-0.2, -0.15) is 8.75 Å². The molecule has 0 bridgehead atoms. The van der Waals surface area contributed by atoms with E-state index in [2.05, 4.69) is 192 Å². The monoisotopic (exact) mass is 946 g/mol. The molecular weight excluding hydrogens is 897 g/mol. The van der Waals surface area contributed by atoms with Crippen LogP contribution >= 0.6 is 11.7 Å². The minimum absolute atomic E-state index is 0.750. The van der Waals surface area contributed by atoms with Crippen molar-refractivity contribution in [2.75, 3.05) is 38.2 Å². The van der Waals surface area contributed by atoms with Crippen molar-refractivity contribution in [3.8, 4) is 45.3 Å². The molecule has 0 N–H and O–H groups in total. The fraction of sp³-hybridized carbons (Fsp3) is 0.0645. The number of methoxy groups -OCH3 is 4. The molecule has 71 heavy (non-hydrogen) atoms. The molecule has 8 nitrogen and oxygen atoms in total. The van der Waals surface area contributed by atoms with Crippen molar-refractivity contribution in [2.45, 2.75) is 0 Å². The highest BCUT2D eigenvalue weighted by Crippen LogP contribution is 2.41. The molecule has 0 radical (unpaired) electrons. The van der Waals surface area contributed by atoms with Crippen LogP contribution in [0.4, 0.5) is 34.1 Å². The van der Waals surface area contributed by atoms with E-state index in [1.54, 1.807) is 28.4 Å². The van der Waals surface area contributed by atoms with Gasteiger partial charge in [0, 0.05) is 57.4 Å². The number of ether oxygens (including phenoxy) is 4. The largest absolute Gasteiger partial charge is 0.497 e. The van der Waals surface area contributed by atoms with Gasteiger partial charge >= 0.3 is 0 Å². The van der Waals surface area contributed by atoms with E-state index in [1.165, 1.54) is 11.7 Å². The van der Waals surface area contributed by atoms with Gasteiger partial charge in [0.05, 0.1) is 40.2 Å². The van der Waals surface area contributed by atoms with Gasteiger partial charge in [-0.25, -0.2) is 0 Å². The Balaban J connectivity index is 0.891. The number of hydrogen-bond acceptors (Lipinski definition) is 9. The van der Waals surface area contributed by atoms with E-state index in [4.69, 9.17) is 27.7 Å². The summed E-state index contributed by atoms with van der Waals surface area (Å²) in [5.41, 5.74) is 16.4. The molecule has 0 saturated heterocycles. The standard InChI is InChI=1S/C62H50N4O4S/c1-67-55-37-45(38-56(41-55)68-2)17-15-43-19-27-51(28-20-43)65(49-11-7-5-8-12-49)53-31-23-47(24-32-53)59-35-36-60(62-61(59)63-71-64-62)48-25-33-54(34-26-48)66(50-13-9-6-10-14-50)52-29-21-44(22-30-52)16-18-46-39-57(69-3)42-58(40-46)70-4/h5-42H,1-4H3/b17-15+,18-16+. The Hall–Kier alpha value is -8.92. The average molecular weight is 947 g/mol. The van der Waals surface area contributed by atoms with Crippen molar-refractivity contribution < 1.29 is 18.9 Å². The van der Waals surface area contributed by atoms with E-state index in [-0.39, 0.29) is 0 Å². The van der Waals surface area contributed by atoms with Crippen molar-refractivity contribution in [3.63, 3.8) is 0 Å². The van der Waals surface area contributed by atoms with Crippen molar-refractivity contribution in [1.29, 1.82) is 0 Å². The normalized spacial score (nSPS) is 11.3. The van der Waals surface area contributed by atoms with Crippen molar-refractivity contribution >= 4 is 81.2 Å². The van der Waals surface area contributed by atoms with Crippen LogP contribution in [-0.4, -0.2) is 37.2 Å². The van der Waals surface area contributed by atoms with Crippen LogP contribution in [0.2, 0.25) is 0 Å². The van der Waals surface area contributed by atoms with E-state index in [0.717, 1.165) is 113 Å². The van der Waals surface area contributed by atoms with Gasteiger partial charge in [0.25, 0.3) is 0 Å². The Kier molecular flexibility index (Phi) is 13.7. The zero-order chi connectivity index (χ0) is 48.5. The van der Waals surface area contributed by atoms with E-state index in [9.17, 15) is 0 Å². The van der Waals surface area contributed by atoms with Crippen LogP contribution in [0.25, 0.3) is 57.6 Å². The van der Waals surface area contributed by atoms with Gasteiger partial charge in [-0.05, 0) is 130 Å². The summed E-state index contributed by atoms with van der Waals surface area (Å²) in [7, 11) is 6.64. The third kappa shape index (κ3) is 10.3. The lowest BCUT2D eigenvalue weighted by molar-refractivity contribution is 0.394. The number of aromatic nitrogens is 2. The molecule has 0 spiro atoms. The molecule has 348 valence electrons. The maximum Gasteiger partial charge on any atom is 0.123 e. The van der Waals surface area contributed by atoms with Gasteiger partial charge in [0.1, 0.15) is 34.0 Å². The minimum atomic E-state index is 0.750. The van der Waals surface area contributed by atoms with Crippen LogP contribution < -0.4 is 28.7 Å². The molecule has 0 amide bonds. The second kappa shape index (κ2) is 21.2. The highest BCUT2D eigenvalue weighted by molar-refractivity contribution is 7.00. The molecule has 0 saturated carbocycles. The lowest BCUT2D eigenvalue weighted by atomic mass is 9.97. The van der Waals surface area contributed by atoms with Gasteiger partial charge in [0.2, 0.25) is 0 Å². The van der Waals surface area contributed by atoms with Crippen molar-refractivity contribution in [1.82, 2.24) is 8.75 Å². The SMILES string of the molecule is COc1cc(/C=C/c2ccc(N(c3ccccc3)c3ccc(-c4ccc(-c5ccc(N(c6ccccc6)c6ccc(/C=C/c7cc(OC)cc(OC)c7)cc6)cc5)c5nsnc45)cc3)cc2)cc(OC)c1. The van der Waals surface area contributed by atoms with Crippen LogP contribution in [0.5, 0.6) is 23.0 Å². The molecule has 0 aliphatic heterocycles. The van der Waals surface area contributed by atoms with Gasteiger partial charge in [0.15, 0.2) is 0 Å². The quantitative estimate of drug-likeness (QED) is 0.0888. The highest BCUT2D eigenvalue weighted by Gasteiger charge is 2.18. The Morgan fingerprint density at radius 2 is 0.620 bits per heavy atom. The van der Waals surface area contributed by atoms with E-state index < -0.39 is 0 Å². The number of anilines is 6. The first-order chi connectivity index (χ1) is 35.0. The Morgan fingerprint density at radius 1 is 0.324 bits per heavy atom. The van der Waals surface area contributed by atoms with Crippen molar-refractivity contribution in [2.24, 2.45) is 0 Å². The predicted molar refractivity (Wildman–Crippen MR) is 295 cm³/mol. The molecule has 0 aliphatic carbocycles. The number of fused-ring (bicyclic) bond motifs is 1. The zero-order valence-corrected chi connectivity index (χ0v) is 40.6. The number of rotatable bonds is 16. The van der Waals surface area contributed by atoms with Gasteiger partial charge in [-0.3, -0.25) is 0 Å². The summed E-state index contributed by atoms with van der Waals surface area (Å²) >= 11 is 1.24. The van der Waals surface area contributed by atoms with Gasteiger partial charge < -0.3 is 28.7 Å². The summed E-state index contributed by atoms with van der Waals surface area (Å²) in [5.74, 6) is 3.00. The summed E-state index contributed by atoms with van der Waals surface area (Å²) in [4.78, 5) is 4.54. The predicted octanol–water partition coefficient (Wildman–Crippen LogP) is 16.3. The minimum Gasteiger partial charge on any atom is -0.497 e. The van der Waals surface area contributed by atoms with E-state index in [0.29, 0.717) is 0 Å². The third-order valence-corrected chi connectivity index (χ3v) is 12.8. The Bertz CT molecular complexity index is 3170. The molecule has 0 aliphatic rings. The fourth-order valence-electron chi connectivity index (χ4n) is 8.67. The molecule has 10 rings (SSSR count). The second-order valence-electron chi connectivity index (χ2n) is 16.7. The topological polar surface area (TPSA) is 69.2 Å². The molecule has 1 aromatic heterocycles. The lowest BCUT2D eigenvalue weighted by Crippen LogP contribution is -2.09. The van der Waals surface area contributed by atoms with Crippen LogP contribution in [0.3, 0.4) is 0 Å². The first-order valence-electron chi connectivity index (χ1n) is 23.2. The third-order valence-electron chi connectivity index (χ3n) is 12.3. The summed E-state index contributed by atoms with van der Waals surface area (Å²) in [5, 5.41) is 0. The summed E-state index contributed by atoms with van der Waals surface area (Å²) < 4.78 is 31.6. The molecule has 1 heterocycles. The van der Waals surface area contributed by atoms with Gasteiger partial charge in [-0.1, -0.05) is 121 Å².